The molecule has 0 aliphatic heterocycles. The van der Waals surface area contributed by atoms with E-state index in [0.29, 0.717) is 5.02 Å². The Labute approximate surface area is 156 Å². The highest BCUT2D eigenvalue weighted by atomic mass is 35.5. The molecule has 0 saturated heterocycles. The fourth-order valence-corrected chi connectivity index (χ4v) is 3.90. The van der Waals surface area contributed by atoms with Crippen molar-refractivity contribution in [3.8, 4) is 0 Å². The van der Waals surface area contributed by atoms with E-state index >= 15 is 0 Å². The van der Waals surface area contributed by atoms with Gasteiger partial charge in [-0.25, -0.2) is 5.43 Å². The lowest BCUT2D eigenvalue weighted by Gasteiger charge is -2.09. The van der Waals surface area contributed by atoms with Crippen LogP contribution in [-0.4, -0.2) is 12.1 Å². The van der Waals surface area contributed by atoms with Crippen molar-refractivity contribution < 1.29 is 18.0 Å². The summed E-state index contributed by atoms with van der Waals surface area (Å²) in [6.45, 7) is 1.93. The molecule has 8 heteroatoms. The number of halogens is 4. The summed E-state index contributed by atoms with van der Waals surface area (Å²) in [6.07, 6.45) is -3.54. The Morgan fingerprint density at radius 1 is 1.23 bits per heavy atom. The second-order valence-electron chi connectivity index (χ2n) is 5.53. The molecule has 134 valence electrons. The molecule has 2 aromatic carbocycles. The average molecular weight is 397 g/mol. The molecule has 1 aromatic heterocycles. The van der Waals surface area contributed by atoms with E-state index in [1.54, 1.807) is 0 Å². The molecule has 0 saturated carbocycles. The molecule has 26 heavy (non-hydrogen) atoms. The summed E-state index contributed by atoms with van der Waals surface area (Å²) in [5, 5.41) is 4.69. The molecule has 0 unspecified atom stereocenters. The van der Waals surface area contributed by atoms with Crippen molar-refractivity contribution in [2.75, 3.05) is 0 Å². The zero-order chi connectivity index (χ0) is 18.9. The first-order chi connectivity index (χ1) is 12.3. The summed E-state index contributed by atoms with van der Waals surface area (Å²) in [5.74, 6) is -0.574. The number of carbonyl (C=O) groups is 1. The first kappa shape index (κ1) is 18.4. The van der Waals surface area contributed by atoms with Crippen LogP contribution >= 0.6 is 22.9 Å². The van der Waals surface area contributed by atoms with E-state index in [0.717, 1.165) is 27.9 Å². The molecule has 0 radical (unpaired) electrons. The molecule has 1 heterocycles. The van der Waals surface area contributed by atoms with E-state index in [-0.39, 0.29) is 10.4 Å². The molecule has 0 atom stereocenters. The molecule has 0 spiro atoms. The van der Waals surface area contributed by atoms with Gasteiger partial charge >= 0.3 is 6.18 Å². The summed E-state index contributed by atoms with van der Waals surface area (Å²) >= 11 is 7.44. The molecular formula is C18H12ClF3N2OS. The van der Waals surface area contributed by atoms with Gasteiger partial charge in [-0.05, 0) is 24.6 Å². The first-order valence-electron chi connectivity index (χ1n) is 7.45. The van der Waals surface area contributed by atoms with E-state index in [1.807, 2.05) is 25.1 Å². The third-order valence-corrected chi connectivity index (χ3v) is 5.28. The van der Waals surface area contributed by atoms with Gasteiger partial charge in [0.25, 0.3) is 5.91 Å². The van der Waals surface area contributed by atoms with Gasteiger partial charge in [-0.15, -0.1) is 11.3 Å². The van der Waals surface area contributed by atoms with E-state index in [9.17, 15) is 18.0 Å². The standard InChI is InChI=1S/C18H12ClF3N2OS/c1-10-6-7-12-14(8-10)26-16(15(12)19)17(25)24-23-9-11-4-2-3-5-13(11)18(20,21)22/h2-9H,1H3,(H,24,25). The lowest BCUT2D eigenvalue weighted by atomic mass is 10.1. The number of rotatable bonds is 3. The molecule has 0 bridgehead atoms. The smallest absolute Gasteiger partial charge is 0.266 e. The molecule has 3 rings (SSSR count). The fourth-order valence-electron chi connectivity index (χ4n) is 2.40. The van der Waals surface area contributed by atoms with Gasteiger partial charge in [-0.2, -0.15) is 18.3 Å². The van der Waals surface area contributed by atoms with Crippen molar-refractivity contribution in [3.63, 3.8) is 0 Å². The largest absolute Gasteiger partial charge is 0.417 e. The number of nitrogens with zero attached hydrogens (tertiary/aromatic N) is 1. The van der Waals surface area contributed by atoms with Crippen LogP contribution in [0.1, 0.15) is 26.4 Å². The Bertz CT molecular complexity index is 1010. The molecule has 0 aliphatic carbocycles. The summed E-state index contributed by atoms with van der Waals surface area (Å²) in [4.78, 5) is 12.5. The Morgan fingerprint density at radius 3 is 2.69 bits per heavy atom. The zero-order valence-corrected chi connectivity index (χ0v) is 15.0. The van der Waals surface area contributed by atoms with E-state index in [2.05, 4.69) is 10.5 Å². The van der Waals surface area contributed by atoms with Gasteiger partial charge in [0.1, 0.15) is 4.88 Å². The lowest BCUT2D eigenvalue weighted by Crippen LogP contribution is -2.17. The summed E-state index contributed by atoms with van der Waals surface area (Å²) in [5.41, 5.74) is 2.30. The minimum Gasteiger partial charge on any atom is -0.266 e. The number of hydrazone groups is 1. The highest BCUT2D eigenvalue weighted by Crippen LogP contribution is 2.35. The van der Waals surface area contributed by atoms with Crippen LogP contribution in [0.3, 0.4) is 0 Å². The third kappa shape index (κ3) is 3.73. The number of hydrogen-bond acceptors (Lipinski definition) is 3. The third-order valence-electron chi connectivity index (χ3n) is 3.63. The fraction of sp³-hybridized carbons (Fsp3) is 0.111. The number of nitrogens with one attached hydrogen (secondary N) is 1. The summed E-state index contributed by atoms with van der Waals surface area (Å²) in [7, 11) is 0. The highest BCUT2D eigenvalue weighted by Gasteiger charge is 2.32. The van der Waals surface area contributed by atoms with Crippen molar-refractivity contribution in [1.29, 1.82) is 0 Å². The van der Waals surface area contributed by atoms with Crippen LogP contribution in [0.5, 0.6) is 0 Å². The number of alkyl halides is 3. The Morgan fingerprint density at radius 2 is 1.96 bits per heavy atom. The van der Waals surface area contributed by atoms with E-state index in [1.165, 1.54) is 29.5 Å². The molecule has 1 N–H and O–H groups in total. The predicted molar refractivity (Wildman–Crippen MR) is 98.1 cm³/mol. The lowest BCUT2D eigenvalue weighted by molar-refractivity contribution is -0.137. The minimum atomic E-state index is -4.50. The van der Waals surface area contributed by atoms with Crippen LogP contribution in [0, 0.1) is 6.92 Å². The van der Waals surface area contributed by atoms with Gasteiger partial charge in [-0.1, -0.05) is 41.9 Å². The number of thiophene rings is 1. The molecular weight excluding hydrogens is 385 g/mol. The zero-order valence-electron chi connectivity index (χ0n) is 13.4. The van der Waals surface area contributed by atoms with Gasteiger partial charge in [-0.3, -0.25) is 4.79 Å². The van der Waals surface area contributed by atoms with Gasteiger partial charge in [0.05, 0.1) is 16.8 Å². The SMILES string of the molecule is Cc1ccc2c(Cl)c(C(=O)NN=Cc3ccccc3C(F)(F)F)sc2c1. The average Bonchev–Trinajstić information content (AvgIpc) is 2.90. The molecule has 0 fully saturated rings. The van der Waals surface area contributed by atoms with Crippen LogP contribution in [0.4, 0.5) is 13.2 Å². The van der Waals surface area contributed by atoms with Crippen LogP contribution in [-0.2, 0) is 6.18 Å². The van der Waals surface area contributed by atoms with Crippen LogP contribution in [0.25, 0.3) is 10.1 Å². The highest BCUT2D eigenvalue weighted by molar-refractivity contribution is 7.21. The summed E-state index contributed by atoms with van der Waals surface area (Å²) in [6, 6.07) is 10.6. The van der Waals surface area contributed by atoms with Gasteiger partial charge in [0.15, 0.2) is 0 Å². The van der Waals surface area contributed by atoms with Crippen LogP contribution in [0.2, 0.25) is 5.02 Å². The number of fused-ring (bicyclic) bond motifs is 1. The monoisotopic (exact) mass is 396 g/mol. The number of aryl methyl sites for hydroxylation is 1. The Hall–Kier alpha value is -2.38. The maximum Gasteiger partial charge on any atom is 0.417 e. The summed E-state index contributed by atoms with van der Waals surface area (Å²) < 4.78 is 39.7. The van der Waals surface area contributed by atoms with Crippen molar-refractivity contribution >= 4 is 45.1 Å². The number of hydrogen-bond donors (Lipinski definition) is 1. The quantitative estimate of drug-likeness (QED) is 0.451. The van der Waals surface area contributed by atoms with Gasteiger partial charge in [0, 0.05) is 15.6 Å². The van der Waals surface area contributed by atoms with E-state index in [4.69, 9.17) is 11.6 Å². The normalized spacial score (nSPS) is 12.0. The van der Waals surface area contributed by atoms with Gasteiger partial charge < -0.3 is 0 Å². The predicted octanol–water partition coefficient (Wildman–Crippen LogP) is 5.65. The topological polar surface area (TPSA) is 41.5 Å². The Balaban J connectivity index is 1.82. The number of benzene rings is 2. The van der Waals surface area contributed by atoms with Gasteiger partial charge in [0.2, 0.25) is 0 Å². The van der Waals surface area contributed by atoms with Crippen molar-refractivity contribution in [1.82, 2.24) is 5.43 Å². The van der Waals surface area contributed by atoms with Crippen molar-refractivity contribution in [2.24, 2.45) is 5.10 Å². The number of amides is 1. The Kier molecular flexibility index (Phi) is 5.02. The maximum atomic E-state index is 12.9. The molecule has 0 aliphatic rings. The molecule has 3 nitrogen and oxygen atoms in total. The van der Waals surface area contributed by atoms with Crippen molar-refractivity contribution in [2.45, 2.75) is 13.1 Å². The second kappa shape index (κ2) is 7.09. The molecule has 1 amide bonds. The maximum absolute atomic E-state index is 12.9. The van der Waals surface area contributed by atoms with Crippen LogP contribution in [0.15, 0.2) is 47.6 Å². The van der Waals surface area contributed by atoms with Crippen molar-refractivity contribution in [3.05, 3.63) is 69.1 Å². The minimum absolute atomic E-state index is 0.140. The van der Waals surface area contributed by atoms with E-state index < -0.39 is 17.6 Å². The first-order valence-corrected chi connectivity index (χ1v) is 8.65. The second-order valence-corrected chi connectivity index (χ2v) is 6.96. The number of carbonyl (C=O) groups excluding carboxylic acids is 1. The molecule has 3 aromatic rings. The van der Waals surface area contributed by atoms with Crippen LogP contribution < -0.4 is 5.43 Å².